The van der Waals surface area contributed by atoms with Crippen molar-refractivity contribution in [2.75, 3.05) is 11.9 Å². The van der Waals surface area contributed by atoms with Gasteiger partial charge in [0.1, 0.15) is 23.4 Å². The third-order valence-electron chi connectivity index (χ3n) is 6.80. The Bertz CT molecular complexity index is 1580. The van der Waals surface area contributed by atoms with Crippen molar-refractivity contribution >= 4 is 17.5 Å². The summed E-state index contributed by atoms with van der Waals surface area (Å²) in [5, 5.41) is 7.32. The van der Waals surface area contributed by atoms with Crippen LogP contribution >= 0.6 is 0 Å². The van der Waals surface area contributed by atoms with Crippen LogP contribution in [0.15, 0.2) is 60.9 Å². The lowest BCUT2D eigenvalue weighted by molar-refractivity contribution is -0.130. The molecule has 0 saturated carbocycles. The monoisotopic (exact) mass is 533 g/mol. The maximum atomic E-state index is 14.0. The Balaban J connectivity index is 1.36. The van der Waals surface area contributed by atoms with E-state index < -0.39 is 29.9 Å². The number of pyridine rings is 1. The number of benzene rings is 2. The number of nitrogens with one attached hydrogen (secondary N) is 1. The number of hydrogen-bond donors (Lipinski definition) is 1. The van der Waals surface area contributed by atoms with E-state index >= 15 is 0 Å². The standard InChI is InChI=1S/C28H22F3N5O3/c1-15-27(38)35(7-6-16-2-4-23-18(8-16)9-25(37)33-23)28(39-15)22-14-36(21-11-19(29)10-20(30)12-21)34-26(22)17-3-5-24(31)32-13-17/h2-5,8,10-15,28H,6-7,9H2,1H3,(H,33,37)/t15-,28+/m0/s1. The number of fused-ring (bicyclic) bond motifs is 1. The molecule has 2 amide bonds. The molecule has 1 N–H and O–H groups in total. The van der Waals surface area contributed by atoms with Crippen LogP contribution < -0.4 is 5.32 Å². The van der Waals surface area contributed by atoms with E-state index in [1.54, 1.807) is 18.0 Å². The minimum Gasteiger partial charge on any atom is -0.341 e. The van der Waals surface area contributed by atoms with Crippen LogP contribution in [0.4, 0.5) is 18.9 Å². The molecular weight excluding hydrogens is 511 g/mol. The zero-order chi connectivity index (χ0) is 27.3. The number of ether oxygens (including phenoxy) is 1. The minimum absolute atomic E-state index is 0.0582. The van der Waals surface area contributed by atoms with Crippen LogP contribution in [0.3, 0.4) is 0 Å². The molecule has 0 spiro atoms. The molecule has 0 aliphatic carbocycles. The number of carbonyl (C=O) groups is 2. The van der Waals surface area contributed by atoms with Crippen LogP contribution in [0, 0.1) is 17.6 Å². The van der Waals surface area contributed by atoms with Crippen LogP contribution in [-0.2, 0) is 27.2 Å². The molecule has 2 atom stereocenters. The normalized spacial score (nSPS) is 18.5. The molecule has 0 unspecified atom stereocenters. The van der Waals surface area contributed by atoms with Gasteiger partial charge in [0.2, 0.25) is 11.9 Å². The first-order valence-electron chi connectivity index (χ1n) is 12.3. The maximum Gasteiger partial charge on any atom is 0.253 e. The van der Waals surface area contributed by atoms with Crippen molar-refractivity contribution in [3.05, 3.63) is 95.2 Å². The summed E-state index contributed by atoms with van der Waals surface area (Å²) in [6.07, 6.45) is 2.04. The van der Waals surface area contributed by atoms with Crippen LogP contribution in [0.2, 0.25) is 0 Å². The van der Waals surface area contributed by atoms with Crippen molar-refractivity contribution < 1.29 is 27.5 Å². The Morgan fingerprint density at radius 1 is 1.05 bits per heavy atom. The largest absolute Gasteiger partial charge is 0.341 e. The second-order valence-electron chi connectivity index (χ2n) is 9.50. The maximum absolute atomic E-state index is 14.0. The number of nitrogens with zero attached hydrogens (tertiary/aromatic N) is 4. The van der Waals surface area contributed by atoms with Crippen molar-refractivity contribution in [2.45, 2.75) is 32.1 Å². The van der Waals surface area contributed by atoms with E-state index in [0.717, 1.165) is 35.0 Å². The van der Waals surface area contributed by atoms with Gasteiger partial charge < -0.3 is 15.0 Å². The molecule has 0 radical (unpaired) electrons. The number of halogens is 3. The van der Waals surface area contributed by atoms with Gasteiger partial charge in [0.05, 0.1) is 12.1 Å². The van der Waals surface area contributed by atoms with Gasteiger partial charge in [-0.15, -0.1) is 0 Å². The molecule has 4 aromatic rings. The molecule has 11 heteroatoms. The summed E-state index contributed by atoms with van der Waals surface area (Å²) in [7, 11) is 0. The van der Waals surface area contributed by atoms with E-state index in [0.29, 0.717) is 36.2 Å². The van der Waals surface area contributed by atoms with Crippen molar-refractivity contribution in [3.63, 3.8) is 0 Å². The summed E-state index contributed by atoms with van der Waals surface area (Å²) in [6, 6.07) is 11.4. The molecular formula is C28H22F3N5O3. The first-order valence-corrected chi connectivity index (χ1v) is 12.3. The second kappa shape index (κ2) is 9.66. The molecule has 2 aliphatic heterocycles. The molecule has 198 valence electrons. The minimum atomic E-state index is -0.864. The van der Waals surface area contributed by atoms with E-state index in [-0.39, 0.29) is 17.5 Å². The van der Waals surface area contributed by atoms with Crippen molar-refractivity contribution in [1.29, 1.82) is 0 Å². The summed E-state index contributed by atoms with van der Waals surface area (Å²) < 4.78 is 48.9. The molecule has 2 aromatic carbocycles. The van der Waals surface area contributed by atoms with Crippen LogP contribution in [0.5, 0.6) is 0 Å². The highest BCUT2D eigenvalue weighted by molar-refractivity contribution is 5.99. The summed E-state index contributed by atoms with van der Waals surface area (Å²) in [6.45, 7) is 1.95. The van der Waals surface area contributed by atoms with Gasteiger partial charge >= 0.3 is 0 Å². The zero-order valence-electron chi connectivity index (χ0n) is 20.7. The fourth-order valence-corrected chi connectivity index (χ4v) is 4.94. The fraction of sp³-hybridized carbons (Fsp3) is 0.214. The van der Waals surface area contributed by atoms with Crippen molar-refractivity contribution in [1.82, 2.24) is 19.7 Å². The summed E-state index contributed by atoms with van der Waals surface area (Å²) in [5.74, 6) is -2.52. The van der Waals surface area contributed by atoms with E-state index in [1.807, 2.05) is 18.2 Å². The molecule has 4 heterocycles. The van der Waals surface area contributed by atoms with Gasteiger partial charge in [-0.2, -0.15) is 9.49 Å². The number of amides is 2. The zero-order valence-corrected chi connectivity index (χ0v) is 20.7. The number of rotatable bonds is 6. The van der Waals surface area contributed by atoms with Gasteiger partial charge in [0.25, 0.3) is 5.91 Å². The van der Waals surface area contributed by atoms with Gasteiger partial charge in [-0.05, 0) is 54.8 Å². The number of anilines is 1. The van der Waals surface area contributed by atoms with Crippen LogP contribution in [0.1, 0.15) is 29.8 Å². The molecule has 8 nitrogen and oxygen atoms in total. The van der Waals surface area contributed by atoms with Crippen molar-refractivity contribution in [2.24, 2.45) is 0 Å². The van der Waals surface area contributed by atoms with Crippen LogP contribution in [0.25, 0.3) is 16.9 Å². The lowest BCUT2D eigenvalue weighted by Gasteiger charge is -2.23. The topological polar surface area (TPSA) is 89.3 Å². The predicted molar refractivity (Wildman–Crippen MR) is 134 cm³/mol. The highest BCUT2D eigenvalue weighted by atomic mass is 19.1. The first kappa shape index (κ1) is 24.8. The summed E-state index contributed by atoms with van der Waals surface area (Å²) in [4.78, 5) is 30.2. The molecule has 0 bridgehead atoms. The highest BCUT2D eigenvalue weighted by Crippen LogP contribution is 2.37. The Kier molecular flexibility index (Phi) is 6.15. The number of carbonyl (C=O) groups excluding carboxylic acids is 2. The van der Waals surface area contributed by atoms with Gasteiger partial charge in [-0.3, -0.25) is 9.59 Å². The third kappa shape index (κ3) is 4.76. The highest BCUT2D eigenvalue weighted by Gasteiger charge is 2.40. The summed E-state index contributed by atoms with van der Waals surface area (Å²) in [5.41, 5.74) is 3.98. The summed E-state index contributed by atoms with van der Waals surface area (Å²) >= 11 is 0. The molecule has 6 rings (SSSR count). The first-order chi connectivity index (χ1) is 18.7. The van der Waals surface area contributed by atoms with E-state index in [1.165, 1.54) is 23.0 Å². The van der Waals surface area contributed by atoms with Crippen LogP contribution in [-0.4, -0.2) is 44.1 Å². The average molecular weight is 534 g/mol. The van der Waals surface area contributed by atoms with Gasteiger partial charge in [0.15, 0.2) is 6.23 Å². The second-order valence-corrected chi connectivity index (χ2v) is 9.50. The average Bonchev–Trinajstić information content (AvgIpc) is 3.57. The Hall–Kier alpha value is -4.51. The Morgan fingerprint density at radius 2 is 1.85 bits per heavy atom. The lowest BCUT2D eigenvalue weighted by Crippen LogP contribution is -2.32. The van der Waals surface area contributed by atoms with E-state index in [4.69, 9.17) is 4.74 Å². The molecule has 2 aliphatic rings. The fourth-order valence-electron chi connectivity index (χ4n) is 4.94. The number of hydrogen-bond acceptors (Lipinski definition) is 5. The molecule has 1 saturated heterocycles. The van der Waals surface area contributed by atoms with Gasteiger partial charge in [-0.25, -0.2) is 18.4 Å². The molecule has 1 fully saturated rings. The smallest absolute Gasteiger partial charge is 0.253 e. The molecule has 39 heavy (non-hydrogen) atoms. The Morgan fingerprint density at radius 3 is 2.59 bits per heavy atom. The van der Waals surface area contributed by atoms with Gasteiger partial charge in [0, 0.05) is 41.8 Å². The van der Waals surface area contributed by atoms with Gasteiger partial charge in [-0.1, -0.05) is 12.1 Å². The SMILES string of the molecule is C[C@@H]1O[C@H](c2cn(-c3cc(F)cc(F)c3)nc2-c2ccc(F)nc2)N(CCc2ccc3c(c2)CC(=O)N3)C1=O. The lowest BCUT2D eigenvalue weighted by atomic mass is 10.0. The third-order valence-corrected chi connectivity index (χ3v) is 6.80. The van der Waals surface area contributed by atoms with Crippen molar-refractivity contribution in [3.8, 4) is 16.9 Å². The Labute approximate surface area is 221 Å². The van der Waals surface area contributed by atoms with E-state index in [9.17, 15) is 22.8 Å². The number of aromatic nitrogens is 3. The predicted octanol–water partition coefficient (Wildman–Crippen LogP) is 4.33. The molecule has 2 aromatic heterocycles. The van der Waals surface area contributed by atoms with E-state index in [2.05, 4.69) is 15.4 Å². The quantitative estimate of drug-likeness (QED) is 0.373.